The van der Waals surface area contributed by atoms with Crippen LogP contribution < -0.4 is 10.1 Å². The highest BCUT2D eigenvalue weighted by Crippen LogP contribution is 2.17. The summed E-state index contributed by atoms with van der Waals surface area (Å²) in [6.07, 6.45) is 2.05. The molecule has 0 spiro atoms. The summed E-state index contributed by atoms with van der Waals surface area (Å²) in [5.41, 5.74) is 0.931. The average molecular weight is 340 g/mol. The molecule has 1 aromatic carbocycles. The van der Waals surface area contributed by atoms with Crippen LogP contribution in [0.15, 0.2) is 34.9 Å². The molecule has 6 heteroatoms. The maximum atomic E-state index is 13.6. The second-order valence-electron chi connectivity index (χ2n) is 4.19. The van der Waals surface area contributed by atoms with Crippen LogP contribution in [0.3, 0.4) is 0 Å². The monoisotopic (exact) mass is 339 g/mol. The Morgan fingerprint density at radius 1 is 1.40 bits per heavy atom. The number of anilines is 1. The molecule has 0 saturated carbocycles. The first-order chi connectivity index (χ1) is 9.69. The highest BCUT2D eigenvalue weighted by atomic mass is 79.9. The van der Waals surface area contributed by atoms with Gasteiger partial charge in [-0.3, -0.25) is 0 Å². The fourth-order valence-electron chi connectivity index (χ4n) is 1.55. The van der Waals surface area contributed by atoms with E-state index in [1.54, 1.807) is 0 Å². The van der Waals surface area contributed by atoms with Gasteiger partial charge in [-0.15, -0.1) is 0 Å². The van der Waals surface area contributed by atoms with Crippen molar-refractivity contribution in [3.63, 3.8) is 0 Å². The normalized spacial score (nSPS) is 10.3. The van der Waals surface area contributed by atoms with Crippen LogP contribution in [-0.2, 0) is 6.61 Å². The predicted molar refractivity (Wildman–Crippen MR) is 79.2 cm³/mol. The second-order valence-corrected chi connectivity index (χ2v) is 5.11. The van der Waals surface area contributed by atoms with Crippen LogP contribution in [0.4, 0.5) is 10.3 Å². The minimum absolute atomic E-state index is 0.0430. The van der Waals surface area contributed by atoms with Crippen molar-refractivity contribution in [1.29, 1.82) is 0 Å². The molecule has 20 heavy (non-hydrogen) atoms. The number of ether oxygens (including phenoxy) is 1. The molecule has 2 rings (SSSR count). The number of hydrogen-bond acceptors (Lipinski definition) is 4. The van der Waals surface area contributed by atoms with E-state index in [0.717, 1.165) is 29.2 Å². The van der Waals surface area contributed by atoms with Crippen molar-refractivity contribution in [2.75, 3.05) is 11.9 Å². The minimum Gasteiger partial charge on any atom is -0.471 e. The maximum absolute atomic E-state index is 13.6. The van der Waals surface area contributed by atoms with E-state index in [9.17, 15) is 4.39 Å². The van der Waals surface area contributed by atoms with E-state index < -0.39 is 5.82 Å². The van der Waals surface area contributed by atoms with Gasteiger partial charge in [0.2, 0.25) is 11.8 Å². The lowest BCUT2D eigenvalue weighted by Crippen LogP contribution is -2.07. The van der Waals surface area contributed by atoms with Crippen LogP contribution in [0.25, 0.3) is 0 Å². The average Bonchev–Trinajstić information content (AvgIpc) is 2.45. The van der Waals surface area contributed by atoms with Crippen molar-refractivity contribution in [2.24, 2.45) is 0 Å². The molecule has 1 aromatic heterocycles. The van der Waals surface area contributed by atoms with E-state index in [1.165, 1.54) is 0 Å². The topological polar surface area (TPSA) is 47.0 Å². The summed E-state index contributed by atoms with van der Waals surface area (Å²) in [5, 5.41) is 2.99. The van der Waals surface area contributed by atoms with Gasteiger partial charge in [0.15, 0.2) is 0 Å². The number of benzene rings is 1. The van der Waals surface area contributed by atoms with Gasteiger partial charge in [0.25, 0.3) is 5.88 Å². The van der Waals surface area contributed by atoms with Gasteiger partial charge in [-0.25, -0.2) is 4.98 Å². The standard InChI is InChI=1S/C14H15BrFN3O/c1-2-6-17-14-18-8-12(16)13(19-14)20-9-10-4-3-5-11(15)7-10/h3-5,7-8H,2,6,9H2,1H3,(H,17,18,19). The van der Waals surface area contributed by atoms with Crippen molar-refractivity contribution in [2.45, 2.75) is 20.0 Å². The van der Waals surface area contributed by atoms with E-state index in [0.29, 0.717) is 5.95 Å². The molecule has 0 atom stereocenters. The summed E-state index contributed by atoms with van der Waals surface area (Å²) >= 11 is 3.38. The minimum atomic E-state index is -0.568. The number of nitrogens with zero attached hydrogens (tertiary/aromatic N) is 2. The van der Waals surface area contributed by atoms with E-state index in [2.05, 4.69) is 31.2 Å². The molecule has 0 radical (unpaired) electrons. The largest absolute Gasteiger partial charge is 0.471 e. The molecule has 0 amide bonds. The zero-order valence-electron chi connectivity index (χ0n) is 11.1. The number of halogens is 2. The second kappa shape index (κ2) is 7.19. The van der Waals surface area contributed by atoms with Crippen molar-refractivity contribution in [1.82, 2.24) is 9.97 Å². The number of nitrogens with one attached hydrogen (secondary N) is 1. The Balaban J connectivity index is 2.04. The quantitative estimate of drug-likeness (QED) is 0.869. The Bertz CT molecular complexity index is 580. The molecule has 0 saturated heterocycles. The summed E-state index contributed by atoms with van der Waals surface area (Å²) in [6.45, 7) is 3.01. The SMILES string of the molecule is CCCNc1ncc(F)c(OCc2cccc(Br)c2)n1. The van der Waals surface area contributed by atoms with Gasteiger partial charge in [-0.2, -0.15) is 9.37 Å². The van der Waals surface area contributed by atoms with E-state index >= 15 is 0 Å². The van der Waals surface area contributed by atoms with Gasteiger partial charge >= 0.3 is 0 Å². The van der Waals surface area contributed by atoms with Gasteiger partial charge in [0.05, 0.1) is 6.20 Å². The third kappa shape index (κ3) is 4.16. The lowest BCUT2D eigenvalue weighted by atomic mass is 10.2. The van der Waals surface area contributed by atoms with Crippen LogP contribution in [-0.4, -0.2) is 16.5 Å². The van der Waals surface area contributed by atoms with E-state index in [-0.39, 0.29) is 12.5 Å². The van der Waals surface area contributed by atoms with Crippen LogP contribution in [0.2, 0.25) is 0 Å². The lowest BCUT2D eigenvalue weighted by molar-refractivity contribution is 0.276. The van der Waals surface area contributed by atoms with Crippen molar-refractivity contribution in [3.05, 3.63) is 46.3 Å². The summed E-state index contributed by atoms with van der Waals surface area (Å²) in [6, 6.07) is 7.63. The molecule has 106 valence electrons. The Morgan fingerprint density at radius 3 is 3.00 bits per heavy atom. The molecular formula is C14H15BrFN3O. The van der Waals surface area contributed by atoms with Crippen molar-refractivity contribution < 1.29 is 9.13 Å². The van der Waals surface area contributed by atoms with E-state index in [1.807, 2.05) is 31.2 Å². The predicted octanol–water partition coefficient (Wildman–Crippen LogP) is 3.78. The maximum Gasteiger partial charge on any atom is 0.255 e. The molecule has 0 aliphatic heterocycles. The molecule has 0 unspecified atom stereocenters. The zero-order valence-corrected chi connectivity index (χ0v) is 12.7. The Morgan fingerprint density at radius 2 is 2.25 bits per heavy atom. The van der Waals surface area contributed by atoms with Crippen LogP contribution in [0, 0.1) is 5.82 Å². The molecule has 1 heterocycles. The molecule has 0 aliphatic carbocycles. The van der Waals surface area contributed by atoms with Crippen LogP contribution in [0.1, 0.15) is 18.9 Å². The van der Waals surface area contributed by atoms with Crippen LogP contribution >= 0.6 is 15.9 Å². The van der Waals surface area contributed by atoms with Gasteiger partial charge in [0.1, 0.15) is 6.61 Å². The fraction of sp³-hybridized carbons (Fsp3) is 0.286. The lowest BCUT2D eigenvalue weighted by Gasteiger charge is -2.08. The number of aromatic nitrogens is 2. The first-order valence-corrected chi connectivity index (χ1v) is 7.12. The summed E-state index contributed by atoms with van der Waals surface area (Å²) in [5.74, 6) is -0.238. The molecular weight excluding hydrogens is 325 g/mol. The molecule has 1 N–H and O–H groups in total. The third-order valence-electron chi connectivity index (χ3n) is 2.51. The molecule has 0 bridgehead atoms. The summed E-state index contributed by atoms with van der Waals surface area (Å²) < 4.78 is 19.9. The first kappa shape index (κ1) is 14.7. The van der Waals surface area contributed by atoms with Crippen molar-refractivity contribution >= 4 is 21.9 Å². The van der Waals surface area contributed by atoms with Crippen molar-refractivity contribution in [3.8, 4) is 5.88 Å². The highest BCUT2D eigenvalue weighted by Gasteiger charge is 2.08. The summed E-state index contributed by atoms with van der Waals surface area (Å²) in [4.78, 5) is 7.88. The molecule has 2 aromatic rings. The molecule has 0 fully saturated rings. The van der Waals surface area contributed by atoms with Gasteiger partial charge in [0, 0.05) is 11.0 Å². The first-order valence-electron chi connectivity index (χ1n) is 6.32. The Labute approximate surface area is 125 Å². The van der Waals surface area contributed by atoms with Crippen LogP contribution in [0.5, 0.6) is 5.88 Å². The van der Waals surface area contributed by atoms with E-state index in [4.69, 9.17) is 4.74 Å². The number of rotatable bonds is 6. The Kier molecular flexibility index (Phi) is 5.29. The smallest absolute Gasteiger partial charge is 0.255 e. The Hall–Kier alpha value is -1.69. The molecule has 4 nitrogen and oxygen atoms in total. The fourth-order valence-corrected chi connectivity index (χ4v) is 2.00. The van der Waals surface area contributed by atoms with Gasteiger partial charge in [-0.05, 0) is 24.1 Å². The number of hydrogen-bond donors (Lipinski definition) is 1. The zero-order chi connectivity index (χ0) is 14.4. The van der Waals surface area contributed by atoms with Gasteiger partial charge in [-0.1, -0.05) is 35.0 Å². The van der Waals surface area contributed by atoms with Gasteiger partial charge < -0.3 is 10.1 Å². The molecule has 0 aliphatic rings. The third-order valence-corrected chi connectivity index (χ3v) is 3.00. The summed E-state index contributed by atoms with van der Waals surface area (Å²) in [7, 11) is 0. The highest BCUT2D eigenvalue weighted by molar-refractivity contribution is 9.10.